The number of amidine groups is 2. The average molecular weight is 435 g/mol. The minimum Gasteiger partial charge on any atom is -0.454 e. The number of hydrogen-bond acceptors (Lipinski definition) is 6. The first-order chi connectivity index (χ1) is 15.6. The van der Waals surface area contributed by atoms with Crippen LogP contribution in [0.25, 0.3) is 0 Å². The van der Waals surface area contributed by atoms with E-state index in [0.29, 0.717) is 12.3 Å². The Bertz CT molecular complexity index is 1090. The molecule has 0 unspecified atom stereocenters. The maximum absolute atomic E-state index is 7.64. The van der Waals surface area contributed by atoms with Gasteiger partial charge in [0, 0.05) is 18.8 Å². The molecule has 2 aromatic carbocycles. The molecule has 1 saturated heterocycles. The Morgan fingerprint density at radius 2 is 2.00 bits per heavy atom. The molecular weight excluding hydrogens is 406 g/mol. The van der Waals surface area contributed by atoms with Gasteiger partial charge in [0.05, 0.1) is 17.7 Å². The largest absolute Gasteiger partial charge is 0.454 e. The van der Waals surface area contributed by atoms with E-state index in [1.54, 1.807) is 0 Å². The highest BCUT2D eigenvalue weighted by atomic mass is 16.7. The maximum atomic E-state index is 7.64. The lowest BCUT2D eigenvalue weighted by molar-refractivity contribution is -0.410. The number of nitrogens with zero attached hydrogens (tertiary/aromatic N) is 3. The van der Waals surface area contributed by atoms with Gasteiger partial charge in [-0.1, -0.05) is 6.07 Å². The van der Waals surface area contributed by atoms with Gasteiger partial charge >= 0.3 is 0 Å². The van der Waals surface area contributed by atoms with Gasteiger partial charge in [0.15, 0.2) is 11.5 Å². The molecule has 3 aliphatic heterocycles. The fourth-order valence-corrected chi connectivity index (χ4v) is 4.31. The van der Waals surface area contributed by atoms with Crippen LogP contribution in [0.1, 0.15) is 24.0 Å². The molecule has 0 aliphatic carbocycles. The van der Waals surface area contributed by atoms with E-state index < -0.39 is 0 Å². The Kier molecular flexibility index (Phi) is 5.74. The van der Waals surface area contributed by atoms with Gasteiger partial charge in [0.1, 0.15) is 0 Å². The Morgan fingerprint density at radius 1 is 1.16 bits per heavy atom. The summed E-state index contributed by atoms with van der Waals surface area (Å²) in [6.45, 7) is 4.58. The van der Waals surface area contributed by atoms with Crippen molar-refractivity contribution in [3.63, 3.8) is 0 Å². The smallest absolute Gasteiger partial charge is 0.243 e. The van der Waals surface area contributed by atoms with Crippen molar-refractivity contribution < 1.29 is 14.8 Å². The predicted octanol–water partition coefficient (Wildman–Crippen LogP) is 1.41. The van der Waals surface area contributed by atoms with Crippen LogP contribution in [-0.4, -0.2) is 55.5 Å². The van der Waals surface area contributed by atoms with Crippen molar-refractivity contribution in [3.8, 4) is 11.5 Å². The third kappa shape index (κ3) is 4.58. The molecule has 9 heteroatoms. The number of ether oxygens (including phenoxy) is 2. The van der Waals surface area contributed by atoms with Crippen LogP contribution in [0.2, 0.25) is 0 Å². The van der Waals surface area contributed by atoms with Crippen LogP contribution in [0.4, 0.5) is 11.4 Å². The summed E-state index contributed by atoms with van der Waals surface area (Å²) >= 11 is 0. The number of quaternary nitrogens is 1. The minimum atomic E-state index is -0.223. The summed E-state index contributed by atoms with van der Waals surface area (Å²) in [5.74, 6) is 2.80. The highest BCUT2D eigenvalue weighted by Crippen LogP contribution is 2.33. The molecule has 6 N–H and O–H groups in total. The number of nitrogens with one attached hydrogen (secondary N) is 2. The zero-order chi connectivity index (χ0) is 21.9. The molecule has 0 atom stereocenters. The summed E-state index contributed by atoms with van der Waals surface area (Å²) in [7, 11) is 0. The Labute approximate surface area is 186 Å². The van der Waals surface area contributed by atoms with Crippen LogP contribution in [0.5, 0.6) is 11.5 Å². The van der Waals surface area contributed by atoms with Gasteiger partial charge in [-0.2, -0.15) is 9.98 Å². The molecule has 0 radical (unpaired) electrons. The van der Waals surface area contributed by atoms with Crippen LogP contribution in [0, 0.1) is 5.41 Å². The van der Waals surface area contributed by atoms with Crippen molar-refractivity contribution in [2.24, 2.45) is 15.7 Å². The summed E-state index contributed by atoms with van der Waals surface area (Å²) < 4.78 is 10.9. The van der Waals surface area contributed by atoms with Crippen LogP contribution >= 0.6 is 0 Å². The van der Waals surface area contributed by atoms with Gasteiger partial charge in [-0.3, -0.25) is 10.7 Å². The van der Waals surface area contributed by atoms with Crippen molar-refractivity contribution in [2.75, 3.05) is 38.3 Å². The van der Waals surface area contributed by atoms with E-state index in [9.17, 15) is 0 Å². The average Bonchev–Trinajstić information content (AvgIpc) is 3.45. The van der Waals surface area contributed by atoms with Crippen molar-refractivity contribution in [3.05, 3.63) is 47.5 Å². The van der Waals surface area contributed by atoms with Gasteiger partial charge < -0.3 is 25.4 Å². The number of nitrogens with two attached hydrogens (primary N) is 2. The third-order valence-electron chi connectivity index (χ3n) is 5.86. The van der Waals surface area contributed by atoms with E-state index >= 15 is 0 Å². The van der Waals surface area contributed by atoms with Gasteiger partial charge in [0.25, 0.3) is 0 Å². The number of fused-ring (bicyclic) bond motifs is 2. The molecule has 32 heavy (non-hydrogen) atoms. The fourth-order valence-electron chi connectivity index (χ4n) is 4.31. The molecule has 3 aliphatic rings. The lowest BCUT2D eigenvalue weighted by atomic mass is 10.1. The highest BCUT2D eigenvalue weighted by molar-refractivity contribution is 6.08. The Morgan fingerprint density at radius 3 is 2.84 bits per heavy atom. The molecule has 0 spiro atoms. The van der Waals surface area contributed by atoms with Crippen LogP contribution in [0.15, 0.2) is 46.4 Å². The van der Waals surface area contributed by atoms with Crippen LogP contribution in [-0.2, 0) is 6.42 Å². The standard InChI is InChI=1S/C23H27N7O2/c24-23(25)29-22-17-5-4-16(26-7-10-30-8-1-2-9-30)13-18(17)27-21(28-22)12-15-3-6-19-20(11-15)32-14-31-19/h3-6,11,13,26H,1-2,7-10,12,14H2,(H4,24,25,27,28,29)/p+1. The maximum Gasteiger partial charge on any atom is 0.243 e. The minimum absolute atomic E-state index is 0.223. The summed E-state index contributed by atoms with van der Waals surface area (Å²) in [6, 6.07) is 12.0. The molecule has 0 bridgehead atoms. The number of likely N-dealkylation sites (tertiary alicyclic amines) is 1. The van der Waals surface area contributed by atoms with E-state index in [-0.39, 0.29) is 12.8 Å². The number of guanidine groups is 1. The molecule has 1 fully saturated rings. The van der Waals surface area contributed by atoms with Crippen molar-refractivity contribution in [1.82, 2.24) is 4.90 Å². The monoisotopic (exact) mass is 434 g/mol. The quantitative estimate of drug-likeness (QED) is 0.404. The second-order valence-corrected chi connectivity index (χ2v) is 8.20. The lowest BCUT2D eigenvalue weighted by Gasteiger charge is -2.18. The first-order valence-electron chi connectivity index (χ1n) is 11.0. The normalized spacial score (nSPS) is 18.5. The third-order valence-corrected chi connectivity index (χ3v) is 5.86. The van der Waals surface area contributed by atoms with Gasteiger partial charge in [0.2, 0.25) is 24.4 Å². The molecule has 0 saturated carbocycles. The Balaban J connectivity index is 1.36. The predicted molar refractivity (Wildman–Crippen MR) is 124 cm³/mol. The molecule has 166 valence electrons. The van der Waals surface area contributed by atoms with Gasteiger partial charge in [-0.15, -0.1) is 0 Å². The Hall–Kier alpha value is -3.43. The topological polar surface area (TPSA) is 125 Å². The van der Waals surface area contributed by atoms with E-state index in [1.807, 2.05) is 41.7 Å². The molecule has 0 aromatic heterocycles. The van der Waals surface area contributed by atoms with Crippen molar-refractivity contribution in [2.45, 2.75) is 19.3 Å². The molecule has 9 nitrogen and oxygen atoms in total. The first kappa shape index (κ1) is 20.5. The van der Waals surface area contributed by atoms with E-state index in [4.69, 9.17) is 25.6 Å². The second-order valence-electron chi connectivity index (χ2n) is 8.20. The number of hydrogen-bond donors (Lipinski definition) is 4. The summed E-state index contributed by atoms with van der Waals surface area (Å²) in [4.78, 5) is 11.6. The first-order valence-corrected chi connectivity index (χ1v) is 11.0. The van der Waals surface area contributed by atoms with Gasteiger partial charge in [-0.25, -0.2) is 0 Å². The number of benzene rings is 2. The van der Waals surface area contributed by atoms with E-state index in [0.717, 1.165) is 52.9 Å². The van der Waals surface area contributed by atoms with Gasteiger partial charge in [-0.05, 0) is 61.8 Å². The van der Waals surface area contributed by atoms with Crippen molar-refractivity contribution in [1.29, 1.82) is 5.41 Å². The van der Waals surface area contributed by atoms with E-state index in [1.165, 1.54) is 25.9 Å². The SMILES string of the molecule is N=C(N)/N=C1\[NH2+]C(Cc2ccc3c(c2)OCO3)=Nc2cc(NCCN3CCCC3)ccc21. The highest BCUT2D eigenvalue weighted by Gasteiger charge is 2.25. The van der Waals surface area contributed by atoms with Crippen LogP contribution < -0.4 is 25.8 Å². The number of rotatable bonds is 6. The number of anilines is 1. The second kappa shape index (κ2) is 8.97. The fraction of sp³-hybridized carbons (Fsp3) is 0.348. The lowest BCUT2D eigenvalue weighted by Crippen LogP contribution is -2.93. The summed E-state index contributed by atoms with van der Waals surface area (Å²) in [5, 5.41) is 13.0. The summed E-state index contributed by atoms with van der Waals surface area (Å²) in [5.41, 5.74) is 9.38. The molecule has 0 amide bonds. The summed E-state index contributed by atoms with van der Waals surface area (Å²) in [6.07, 6.45) is 3.21. The molecular formula is C23H28N7O2+. The zero-order valence-corrected chi connectivity index (χ0v) is 17.9. The van der Waals surface area contributed by atoms with E-state index in [2.05, 4.69) is 15.2 Å². The molecule has 2 aromatic rings. The number of aliphatic imine (C=N–C) groups is 2. The van der Waals surface area contributed by atoms with Crippen molar-refractivity contribution >= 4 is 29.0 Å². The zero-order valence-electron chi connectivity index (χ0n) is 17.9. The van der Waals surface area contributed by atoms with Crippen LogP contribution in [0.3, 0.4) is 0 Å². The molecule has 5 rings (SSSR count). The molecule has 3 heterocycles.